The smallest absolute Gasteiger partial charge is 0.130 e. The third kappa shape index (κ3) is 1.95. The third-order valence-electron chi connectivity index (χ3n) is 2.97. The van der Waals surface area contributed by atoms with Gasteiger partial charge < -0.3 is 10.1 Å². The highest BCUT2D eigenvalue weighted by molar-refractivity contribution is 5.30. The maximum atomic E-state index is 13.7. The summed E-state index contributed by atoms with van der Waals surface area (Å²) < 4.78 is 31.7. The molecule has 0 bridgehead atoms. The van der Waals surface area contributed by atoms with Crippen LogP contribution in [-0.4, -0.2) is 26.3 Å². The molecule has 88 valence electrons. The number of halogens is 2. The minimum Gasteiger partial charge on any atom is -0.379 e. The van der Waals surface area contributed by atoms with Crippen LogP contribution in [0.1, 0.15) is 12.5 Å². The average molecular weight is 227 g/mol. The fourth-order valence-corrected chi connectivity index (χ4v) is 1.99. The van der Waals surface area contributed by atoms with Gasteiger partial charge in [0.25, 0.3) is 0 Å². The van der Waals surface area contributed by atoms with E-state index in [1.165, 1.54) is 12.1 Å². The number of benzene rings is 1. The maximum Gasteiger partial charge on any atom is 0.130 e. The first-order valence-corrected chi connectivity index (χ1v) is 5.42. The van der Waals surface area contributed by atoms with Crippen LogP contribution in [0.4, 0.5) is 8.78 Å². The molecule has 0 aromatic heterocycles. The number of ether oxygens (including phenoxy) is 1. The number of hydrogen-bond acceptors (Lipinski definition) is 2. The van der Waals surface area contributed by atoms with Crippen molar-refractivity contribution in [3.8, 4) is 0 Å². The van der Waals surface area contributed by atoms with Crippen LogP contribution in [0.3, 0.4) is 0 Å². The summed E-state index contributed by atoms with van der Waals surface area (Å²) in [6, 6.07) is 3.75. The van der Waals surface area contributed by atoms with E-state index in [9.17, 15) is 8.78 Å². The van der Waals surface area contributed by atoms with Crippen LogP contribution in [0.25, 0.3) is 0 Å². The van der Waals surface area contributed by atoms with Gasteiger partial charge in [0.1, 0.15) is 11.6 Å². The number of rotatable bonds is 4. The van der Waals surface area contributed by atoms with E-state index < -0.39 is 11.6 Å². The standard InChI is InChI=1S/C12H15F2NO/c1-2-15-6-12(7-16-8-12)10-4-3-9(13)5-11(10)14/h3-5,15H,2,6-8H2,1H3. The zero-order valence-corrected chi connectivity index (χ0v) is 9.22. The van der Waals surface area contributed by atoms with Gasteiger partial charge >= 0.3 is 0 Å². The van der Waals surface area contributed by atoms with E-state index in [0.717, 1.165) is 12.6 Å². The van der Waals surface area contributed by atoms with Gasteiger partial charge in [-0.1, -0.05) is 13.0 Å². The molecule has 0 unspecified atom stereocenters. The molecule has 1 aliphatic rings. The van der Waals surface area contributed by atoms with E-state index in [-0.39, 0.29) is 5.41 Å². The largest absolute Gasteiger partial charge is 0.379 e. The Balaban J connectivity index is 2.26. The fourth-order valence-electron chi connectivity index (χ4n) is 1.99. The Morgan fingerprint density at radius 2 is 2.12 bits per heavy atom. The van der Waals surface area contributed by atoms with Gasteiger partial charge in [0.05, 0.1) is 18.6 Å². The molecule has 1 aromatic rings. The second-order valence-electron chi connectivity index (χ2n) is 4.18. The molecule has 1 aromatic carbocycles. The maximum absolute atomic E-state index is 13.7. The Kier molecular flexibility index (Phi) is 3.21. The second-order valence-corrected chi connectivity index (χ2v) is 4.18. The lowest BCUT2D eigenvalue weighted by Crippen LogP contribution is -2.54. The molecule has 16 heavy (non-hydrogen) atoms. The Bertz CT molecular complexity index is 377. The zero-order chi connectivity index (χ0) is 11.6. The molecular formula is C12H15F2NO. The Hall–Kier alpha value is -1.00. The first-order valence-electron chi connectivity index (χ1n) is 5.42. The van der Waals surface area contributed by atoms with E-state index >= 15 is 0 Å². The molecule has 0 spiro atoms. The topological polar surface area (TPSA) is 21.3 Å². The first kappa shape index (κ1) is 11.5. The molecule has 1 heterocycles. The molecule has 1 N–H and O–H groups in total. The molecule has 2 nitrogen and oxygen atoms in total. The SMILES string of the molecule is CCNCC1(c2ccc(F)cc2F)COC1. The Morgan fingerprint density at radius 3 is 2.62 bits per heavy atom. The zero-order valence-electron chi connectivity index (χ0n) is 9.22. The molecule has 0 amide bonds. The van der Waals surface area contributed by atoms with Crippen molar-refractivity contribution in [3.05, 3.63) is 35.4 Å². The molecule has 2 rings (SSSR count). The van der Waals surface area contributed by atoms with Crippen molar-refractivity contribution in [3.63, 3.8) is 0 Å². The monoisotopic (exact) mass is 227 g/mol. The molecule has 1 saturated heterocycles. The highest BCUT2D eigenvalue weighted by atomic mass is 19.1. The van der Waals surface area contributed by atoms with E-state index in [4.69, 9.17) is 4.74 Å². The number of hydrogen-bond donors (Lipinski definition) is 1. The van der Waals surface area contributed by atoms with Gasteiger partial charge in [0.15, 0.2) is 0 Å². The predicted molar refractivity (Wildman–Crippen MR) is 57.4 cm³/mol. The highest BCUT2D eigenvalue weighted by Gasteiger charge is 2.41. The van der Waals surface area contributed by atoms with E-state index in [1.54, 1.807) is 0 Å². The van der Waals surface area contributed by atoms with Crippen LogP contribution in [0, 0.1) is 11.6 Å². The van der Waals surface area contributed by atoms with Crippen LogP contribution in [0.5, 0.6) is 0 Å². The summed E-state index contributed by atoms with van der Waals surface area (Å²) in [4.78, 5) is 0. The van der Waals surface area contributed by atoms with Crippen molar-refractivity contribution in [1.82, 2.24) is 5.32 Å². The number of likely N-dealkylation sites (N-methyl/N-ethyl adjacent to an activating group) is 1. The van der Waals surface area contributed by atoms with Crippen LogP contribution in [0.15, 0.2) is 18.2 Å². The van der Waals surface area contributed by atoms with Crippen molar-refractivity contribution in [2.45, 2.75) is 12.3 Å². The van der Waals surface area contributed by atoms with E-state index in [0.29, 0.717) is 25.3 Å². The van der Waals surface area contributed by atoms with E-state index in [2.05, 4.69) is 5.32 Å². The molecule has 0 saturated carbocycles. The second kappa shape index (κ2) is 4.47. The van der Waals surface area contributed by atoms with Crippen LogP contribution < -0.4 is 5.32 Å². The van der Waals surface area contributed by atoms with E-state index in [1.807, 2.05) is 6.92 Å². The average Bonchev–Trinajstić information content (AvgIpc) is 2.19. The quantitative estimate of drug-likeness (QED) is 0.847. The summed E-state index contributed by atoms with van der Waals surface area (Å²) in [5.41, 5.74) is 0.217. The summed E-state index contributed by atoms with van der Waals surface area (Å²) in [6.45, 7) is 4.45. The lowest BCUT2D eigenvalue weighted by atomic mass is 9.78. The molecule has 0 radical (unpaired) electrons. The molecule has 0 atom stereocenters. The molecule has 1 aliphatic heterocycles. The first-order chi connectivity index (χ1) is 7.68. The van der Waals surface area contributed by atoms with Gasteiger partial charge in [-0.15, -0.1) is 0 Å². The van der Waals surface area contributed by atoms with Crippen molar-refractivity contribution in [1.29, 1.82) is 0 Å². The van der Waals surface area contributed by atoms with Gasteiger partial charge in [-0.25, -0.2) is 8.78 Å². The lowest BCUT2D eigenvalue weighted by molar-refractivity contribution is -0.0604. The molecular weight excluding hydrogens is 212 g/mol. The molecule has 0 aliphatic carbocycles. The van der Waals surface area contributed by atoms with Gasteiger partial charge in [-0.2, -0.15) is 0 Å². The lowest BCUT2D eigenvalue weighted by Gasteiger charge is -2.42. The summed E-state index contributed by atoms with van der Waals surface area (Å²) in [5, 5.41) is 3.19. The van der Waals surface area contributed by atoms with Crippen molar-refractivity contribution >= 4 is 0 Å². The normalized spacial score (nSPS) is 18.2. The minimum absolute atomic E-state index is 0.326. The van der Waals surface area contributed by atoms with Crippen molar-refractivity contribution < 1.29 is 13.5 Å². The summed E-state index contributed by atoms with van der Waals surface area (Å²) >= 11 is 0. The fraction of sp³-hybridized carbons (Fsp3) is 0.500. The third-order valence-corrected chi connectivity index (χ3v) is 2.97. The van der Waals surface area contributed by atoms with Crippen molar-refractivity contribution in [2.24, 2.45) is 0 Å². The Labute approximate surface area is 93.6 Å². The predicted octanol–water partition coefficient (Wildman–Crippen LogP) is 1.84. The van der Waals surface area contributed by atoms with Gasteiger partial charge in [0.2, 0.25) is 0 Å². The van der Waals surface area contributed by atoms with Crippen LogP contribution in [0.2, 0.25) is 0 Å². The highest BCUT2D eigenvalue weighted by Crippen LogP contribution is 2.33. The number of nitrogens with one attached hydrogen (secondary N) is 1. The summed E-state index contributed by atoms with van der Waals surface area (Å²) in [6.07, 6.45) is 0. The van der Waals surface area contributed by atoms with Crippen molar-refractivity contribution in [2.75, 3.05) is 26.3 Å². The summed E-state index contributed by atoms with van der Waals surface area (Å²) in [7, 11) is 0. The minimum atomic E-state index is -0.542. The molecule has 1 fully saturated rings. The van der Waals surface area contributed by atoms with Gasteiger partial charge in [-0.3, -0.25) is 0 Å². The Morgan fingerprint density at radius 1 is 1.38 bits per heavy atom. The molecule has 4 heteroatoms. The van der Waals surface area contributed by atoms with Gasteiger partial charge in [0, 0.05) is 18.2 Å². The summed E-state index contributed by atoms with van der Waals surface area (Å²) in [5.74, 6) is -1.03. The van der Waals surface area contributed by atoms with Gasteiger partial charge in [-0.05, 0) is 12.6 Å². The van der Waals surface area contributed by atoms with Crippen LogP contribution in [-0.2, 0) is 10.2 Å². The van der Waals surface area contributed by atoms with Crippen LogP contribution >= 0.6 is 0 Å².